The van der Waals surface area contributed by atoms with Gasteiger partial charge in [-0.25, -0.2) is 0 Å². The van der Waals surface area contributed by atoms with E-state index < -0.39 is 0 Å². The molecule has 2 heteroatoms. The third-order valence-electron chi connectivity index (χ3n) is 2.28. The van der Waals surface area contributed by atoms with Crippen LogP contribution >= 0.6 is 15.9 Å². The average Bonchev–Trinajstić information content (AvgIpc) is 2.34. The monoisotopic (exact) mass is 219 g/mol. The highest BCUT2D eigenvalue weighted by atomic mass is 79.9. The van der Waals surface area contributed by atoms with Gasteiger partial charge in [0.1, 0.15) is 0 Å². The lowest BCUT2D eigenvalue weighted by Crippen LogP contribution is -2.33. The molecule has 0 aromatic heterocycles. The second kappa shape index (κ2) is 4.46. The van der Waals surface area contributed by atoms with Crippen LogP contribution in [-0.4, -0.2) is 29.4 Å². The van der Waals surface area contributed by atoms with Gasteiger partial charge in [-0.15, -0.1) is 0 Å². The first kappa shape index (κ1) is 9.53. The standard InChI is InChI=1S/C9H18BrN/c1-8(2)7-11-5-3-4-9(11)6-10/h8-9H,3-7H2,1-2H3. The van der Waals surface area contributed by atoms with Crippen molar-refractivity contribution >= 4 is 15.9 Å². The number of rotatable bonds is 3. The SMILES string of the molecule is CC(C)CN1CCCC1CBr. The Morgan fingerprint density at radius 1 is 1.55 bits per heavy atom. The summed E-state index contributed by atoms with van der Waals surface area (Å²) in [6.07, 6.45) is 2.78. The van der Waals surface area contributed by atoms with Crippen molar-refractivity contribution < 1.29 is 0 Å². The highest BCUT2D eigenvalue weighted by Crippen LogP contribution is 2.19. The maximum absolute atomic E-state index is 3.56. The van der Waals surface area contributed by atoms with Crippen molar-refractivity contribution in [3.8, 4) is 0 Å². The molecule has 0 amide bonds. The molecule has 0 aromatic rings. The molecule has 1 aliphatic heterocycles. The molecule has 1 fully saturated rings. The molecule has 66 valence electrons. The van der Waals surface area contributed by atoms with Gasteiger partial charge in [0, 0.05) is 17.9 Å². The molecule has 0 radical (unpaired) electrons. The molecule has 1 aliphatic rings. The van der Waals surface area contributed by atoms with E-state index in [1.54, 1.807) is 0 Å². The molecule has 1 saturated heterocycles. The summed E-state index contributed by atoms with van der Waals surface area (Å²) in [4.78, 5) is 2.61. The lowest BCUT2D eigenvalue weighted by Gasteiger charge is -2.24. The van der Waals surface area contributed by atoms with E-state index in [1.807, 2.05) is 0 Å². The molecule has 0 aliphatic carbocycles. The van der Waals surface area contributed by atoms with Crippen LogP contribution in [0, 0.1) is 5.92 Å². The van der Waals surface area contributed by atoms with Gasteiger partial charge in [0.05, 0.1) is 0 Å². The van der Waals surface area contributed by atoms with Crippen molar-refractivity contribution in [2.75, 3.05) is 18.4 Å². The van der Waals surface area contributed by atoms with E-state index in [9.17, 15) is 0 Å². The minimum absolute atomic E-state index is 0.814. The number of alkyl halides is 1. The zero-order chi connectivity index (χ0) is 8.27. The second-order valence-corrected chi connectivity index (χ2v) is 4.49. The highest BCUT2D eigenvalue weighted by molar-refractivity contribution is 9.09. The molecule has 0 spiro atoms. The van der Waals surface area contributed by atoms with Gasteiger partial charge >= 0.3 is 0 Å². The fraction of sp³-hybridized carbons (Fsp3) is 1.00. The molecule has 0 saturated carbocycles. The first-order valence-corrected chi connectivity index (χ1v) is 5.66. The lowest BCUT2D eigenvalue weighted by molar-refractivity contribution is 0.243. The predicted octanol–water partition coefficient (Wildman–Crippen LogP) is 2.50. The maximum atomic E-state index is 3.56. The van der Waals surface area contributed by atoms with Gasteiger partial charge in [0.15, 0.2) is 0 Å². The molecule has 0 bridgehead atoms. The van der Waals surface area contributed by atoms with Crippen LogP contribution in [0.2, 0.25) is 0 Å². The summed E-state index contributed by atoms with van der Waals surface area (Å²) in [6, 6.07) is 0.817. The third-order valence-corrected chi connectivity index (χ3v) is 3.02. The Morgan fingerprint density at radius 3 is 2.82 bits per heavy atom. The normalized spacial score (nSPS) is 26.7. The van der Waals surface area contributed by atoms with Gasteiger partial charge in [-0.3, -0.25) is 4.90 Å². The first-order valence-electron chi connectivity index (χ1n) is 4.54. The number of hydrogen-bond donors (Lipinski definition) is 0. The van der Waals surface area contributed by atoms with Crippen LogP contribution in [0.1, 0.15) is 26.7 Å². The third kappa shape index (κ3) is 2.75. The van der Waals surface area contributed by atoms with E-state index in [-0.39, 0.29) is 0 Å². The van der Waals surface area contributed by atoms with Crippen molar-refractivity contribution in [1.29, 1.82) is 0 Å². The van der Waals surface area contributed by atoms with Gasteiger partial charge in [0.25, 0.3) is 0 Å². The fourth-order valence-corrected chi connectivity index (χ4v) is 2.51. The topological polar surface area (TPSA) is 3.24 Å². The Hall–Kier alpha value is 0.440. The Balaban J connectivity index is 2.31. The maximum Gasteiger partial charge on any atom is 0.0193 e. The van der Waals surface area contributed by atoms with E-state index in [0.717, 1.165) is 17.3 Å². The van der Waals surface area contributed by atoms with Crippen LogP contribution in [0.5, 0.6) is 0 Å². The smallest absolute Gasteiger partial charge is 0.0193 e. The molecule has 0 aromatic carbocycles. The molecular weight excluding hydrogens is 202 g/mol. The molecule has 1 unspecified atom stereocenters. The van der Waals surface area contributed by atoms with Gasteiger partial charge in [0.2, 0.25) is 0 Å². The minimum atomic E-state index is 0.814. The Morgan fingerprint density at radius 2 is 2.27 bits per heavy atom. The largest absolute Gasteiger partial charge is 0.299 e. The molecule has 1 nitrogen and oxygen atoms in total. The van der Waals surface area contributed by atoms with Crippen molar-refractivity contribution in [3.05, 3.63) is 0 Å². The van der Waals surface area contributed by atoms with E-state index in [1.165, 1.54) is 25.9 Å². The number of hydrogen-bond acceptors (Lipinski definition) is 1. The summed E-state index contributed by atoms with van der Waals surface area (Å²) < 4.78 is 0. The van der Waals surface area contributed by atoms with Crippen LogP contribution in [-0.2, 0) is 0 Å². The number of likely N-dealkylation sites (tertiary alicyclic amines) is 1. The number of halogens is 1. The van der Waals surface area contributed by atoms with Crippen LogP contribution in [0.3, 0.4) is 0 Å². The van der Waals surface area contributed by atoms with Crippen molar-refractivity contribution in [1.82, 2.24) is 4.90 Å². The lowest BCUT2D eigenvalue weighted by atomic mass is 10.2. The quantitative estimate of drug-likeness (QED) is 0.660. The molecule has 1 heterocycles. The van der Waals surface area contributed by atoms with E-state index in [0.29, 0.717) is 0 Å². The van der Waals surface area contributed by atoms with Gasteiger partial charge < -0.3 is 0 Å². The van der Waals surface area contributed by atoms with Gasteiger partial charge in [-0.1, -0.05) is 29.8 Å². The molecule has 0 N–H and O–H groups in total. The minimum Gasteiger partial charge on any atom is -0.299 e. The summed E-state index contributed by atoms with van der Waals surface area (Å²) in [5.74, 6) is 0.814. The Kier molecular flexibility index (Phi) is 3.86. The summed E-state index contributed by atoms with van der Waals surface area (Å²) in [7, 11) is 0. The fourth-order valence-electron chi connectivity index (χ4n) is 1.78. The van der Waals surface area contributed by atoms with Gasteiger partial charge in [-0.05, 0) is 25.3 Å². The molecular formula is C9H18BrN. The Bertz CT molecular complexity index is 114. The van der Waals surface area contributed by atoms with E-state index in [4.69, 9.17) is 0 Å². The molecule has 1 rings (SSSR count). The average molecular weight is 220 g/mol. The van der Waals surface area contributed by atoms with E-state index >= 15 is 0 Å². The predicted molar refractivity (Wildman–Crippen MR) is 53.2 cm³/mol. The Labute approximate surface area is 78.3 Å². The summed E-state index contributed by atoms with van der Waals surface area (Å²) in [5, 5.41) is 1.15. The zero-order valence-electron chi connectivity index (χ0n) is 7.52. The highest BCUT2D eigenvalue weighted by Gasteiger charge is 2.23. The molecule has 1 atom stereocenters. The van der Waals surface area contributed by atoms with Crippen molar-refractivity contribution in [2.45, 2.75) is 32.7 Å². The number of nitrogens with zero attached hydrogens (tertiary/aromatic N) is 1. The van der Waals surface area contributed by atoms with Crippen LogP contribution in [0.15, 0.2) is 0 Å². The van der Waals surface area contributed by atoms with Crippen LogP contribution in [0.4, 0.5) is 0 Å². The summed E-state index contributed by atoms with van der Waals surface area (Å²) in [5.41, 5.74) is 0. The summed E-state index contributed by atoms with van der Waals surface area (Å²) >= 11 is 3.56. The second-order valence-electron chi connectivity index (χ2n) is 3.84. The summed E-state index contributed by atoms with van der Waals surface area (Å²) in [6.45, 7) is 7.18. The molecule has 11 heavy (non-hydrogen) atoms. The van der Waals surface area contributed by atoms with E-state index in [2.05, 4.69) is 34.7 Å². The zero-order valence-corrected chi connectivity index (χ0v) is 9.10. The van der Waals surface area contributed by atoms with Gasteiger partial charge in [-0.2, -0.15) is 0 Å². The van der Waals surface area contributed by atoms with Crippen LogP contribution in [0.25, 0.3) is 0 Å². The van der Waals surface area contributed by atoms with Crippen molar-refractivity contribution in [2.24, 2.45) is 5.92 Å². The van der Waals surface area contributed by atoms with Crippen LogP contribution < -0.4 is 0 Å². The first-order chi connectivity index (χ1) is 5.24. The van der Waals surface area contributed by atoms with Crippen molar-refractivity contribution in [3.63, 3.8) is 0 Å².